The van der Waals surface area contributed by atoms with E-state index in [2.05, 4.69) is 20.8 Å². The van der Waals surface area contributed by atoms with Gasteiger partial charge in [-0.25, -0.2) is 4.68 Å². The van der Waals surface area contributed by atoms with E-state index in [1.807, 2.05) is 0 Å². The molecule has 0 aliphatic heterocycles. The molecule has 3 aromatic rings. The first-order valence-corrected chi connectivity index (χ1v) is 8.73. The van der Waals surface area contributed by atoms with Crippen molar-refractivity contribution in [3.8, 4) is 5.69 Å². The van der Waals surface area contributed by atoms with Crippen molar-refractivity contribution >= 4 is 35.5 Å². The van der Waals surface area contributed by atoms with Gasteiger partial charge in [0.25, 0.3) is 5.91 Å². The van der Waals surface area contributed by atoms with Gasteiger partial charge in [-0.15, -0.1) is 0 Å². The topological polar surface area (TPSA) is 119 Å². The maximum atomic E-state index is 12.6. The minimum absolute atomic E-state index is 0. The zero-order chi connectivity index (χ0) is 20.3. The number of aliphatic carboxylic acids is 1. The minimum atomic E-state index is -1.19. The third-order valence-electron chi connectivity index (χ3n) is 4.27. The first kappa shape index (κ1) is 22.8. The van der Waals surface area contributed by atoms with Gasteiger partial charge in [0.05, 0.1) is 17.7 Å². The zero-order valence-corrected chi connectivity index (χ0v) is 18.9. The fraction of sp³-hybridized carbons (Fsp3) is 0.167. The molecule has 1 unspecified atom stereocenters. The van der Waals surface area contributed by atoms with Crippen LogP contribution >= 0.6 is 12.2 Å². The van der Waals surface area contributed by atoms with Gasteiger partial charge in [0, 0.05) is 24.0 Å². The molecule has 0 radical (unpaired) electrons. The summed E-state index contributed by atoms with van der Waals surface area (Å²) >= 11 is 5.07. The molecule has 1 heterocycles. The van der Waals surface area contributed by atoms with Crippen LogP contribution in [-0.4, -0.2) is 45.2 Å². The summed E-state index contributed by atoms with van der Waals surface area (Å²) in [4.78, 5) is 25.2. The summed E-state index contributed by atoms with van der Waals surface area (Å²) in [5.41, 5.74) is 2.21. The summed E-state index contributed by atoms with van der Waals surface area (Å²) in [6.07, 6.45) is 0. The van der Waals surface area contributed by atoms with Crippen LogP contribution in [0.15, 0.2) is 48.5 Å². The first-order chi connectivity index (χ1) is 13.4. The number of nitrogens with one attached hydrogen (secondary N) is 2. The van der Waals surface area contributed by atoms with Crippen molar-refractivity contribution < 1.29 is 44.3 Å². The van der Waals surface area contributed by atoms with Gasteiger partial charge in [0.2, 0.25) is 4.77 Å². The first-order valence-electron chi connectivity index (χ1n) is 8.32. The Morgan fingerprint density at radius 1 is 1.24 bits per heavy atom. The number of carbonyl (C=O) groups excluding carboxylic acids is 2. The molecule has 0 spiro atoms. The van der Waals surface area contributed by atoms with Crippen LogP contribution in [0.4, 0.5) is 11.4 Å². The Morgan fingerprint density at radius 3 is 2.62 bits per heavy atom. The third-order valence-corrected chi connectivity index (χ3v) is 4.54. The van der Waals surface area contributed by atoms with Crippen LogP contribution in [0.2, 0.25) is 0 Å². The standard InChI is InChI=1S/C18H18N6O3S.Na/c1-11(17(26)27)23(2)14-7-3-5-12(9-14)16(25)19-13-6-4-8-15(10-13)24-18(28)20-21-22-24;/h3-11H,1-2H3,(H,19,25)(H,26,27)(H,20,22,28);/q;+1/p-1. The van der Waals surface area contributed by atoms with Gasteiger partial charge in [0.15, 0.2) is 0 Å². The maximum Gasteiger partial charge on any atom is 1.00 e. The van der Waals surface area contributed by atoms with Crippen molar-refractivity contribution in [3.63, 3.8) is 0 Å². The average molecular weight is 420 g/mol. The van der Waals surface area contributed by atoms with E-state index in [1.165, 1.54) is 16.5 Å². The second kappa shape index (κ2) is 9.79. The number of carbonyl (C=O) groups is 2. The van der Waals surface area contributed by atoms with Crippen molar-refractivity contribution in [2.24, 2.45) is 0 Å². The number of hydrogen-bond donors (Lipinski definition) is 2. The molecule has 11 heteroatoms. The molecule has 0 aliphatic rings. The molecule has 0 saturated carbocycles. The van der Waals surface area contributed by atoms with E-state index in [-0.39, 0.29) is 40.2 Å². The fourth-order valence-corrected chi connectivity index (χ4v) is 2.73. The normalized spacial score (nSPS) is 11.2. The summed E-state index contributed by atoms with van der Waals surface area (Å²) < 4.78 is 1.77. The minimum Gasteiger partial charge on any atom is -0.548 e. The van der Waals surface area contributed by atoms with Crippen molar-refractivity contribution in [2.45, 2.75) is 13.0 Å². The third kappa shape index (κ3) is 5.30. The average Bonchev–Trinajstić information content (AvgIpc) is 3.13. The Balaban J connectivity index is 0.00000300. The fourth-order valence-electron chi connectivity index (χ4n) is 2.54. The molecular weight excluding hydrogens is 403 g/mol. The largest absolute Gasteiger partial charge is 1.00 e. The van der Waals surface area contributed by atoms with Gasteiger partial charge in [-0.05, 0) is 55.5 Å². The Hall–Kier alpha value is -2.53. The Kier molecular flexibility index (Phi) is 7.68. The number of carboxylic acids is 1. The number of aromatic amines is 1. The van der Waals surface area contributed by atoms with Crippen molar-refractivity contribution in [2.75, 3.05) is 17.3 Å². The summed E-state index contributed by atoms with van der Waals surface area (Å²) in [5.74, 6) is -1.53. The molecular formula is C18H17N6NaO3S. The molecule has 0 fully saturated rings. The monoisotopic (exact) mass is 420 g/mol. The molecule has 2 N–H and O–H groups in total. The van der Waals surface area contributed by atoms with E-state index < -0.39 is 12.0 Å². The van der Waals surface area contributed by atoms with Crippen LogP contribution in [0.25, 0.3) is 5.69 Å². The molecule has 29 heavy (non-hydrogen) atoms. The SMILES string of the molecule is CC(C(=O)[O-])N(C)c1cccc(C(=O)Nc2cccc(-n3[nH]nnc3=S)c2)c1.[Na+]. The van der Waals surface area contributed by atoms with E-state index in [0.29, 0.717) is 22.6 Å². The Morgan fingerprint density at radius 2 is 1.97 bits per heavy atom. The number of carboxylic acid groups (broad SMARTS) is 1. The number of tetrazole rings is 1. The summed E-state index contributed by atoms with van der Waals surface area (Å²) in [6, 6.07) is 12.9. The zero-order valence-electron chi connectivity index (χ0n) is 16.1. The van der Waals surface area contributed by atoms with E-state index in [0.717, 1.165) is 0 Å². The van der Waals surface area contributed by atoms with E-state index in [4.69, 9.17) is 12.2 Å². The molecule has 1 atom stereocenters. The van der Waals surface area contributed by atoms with Crippen LogP contribution in [0.3, 0.4) is 0 Å². The van der Waals surface area contributed by atoms with Gasteiger partial charge in [-0.2, -0.15) is 5.21 Å². The predicted octanol–water partition coefficient (Wildman–Crippen LogP) is -1.84. The number of H-pyrrole nitrogens is 1. The second-order valence-corrected chi connectivity index (χ2v) is 6.44. The van der Waals surface area contributed by atoms with Crippen LogP contribution in [-0.2, 0) is 4.79 Å². The molecule has 0 aliphatic carbocycles. The van der Waals surface area contributed by atoms with E-state index in [1.54, 1.807) is 55.6 Å². The quantitative estimate of drug-likeness (QED) is 0.355. The van der Waals surface area contributed by atoms with Crippen LogP contribution in [0, 0.1) is 4.77 Å². The molecule has 9 nitrogen and oxygen atoms in total. The molecule has 1 aromatic heterocycles. The smallest absolute Gasteiger partial charge is 0.548 e. The van der Waals surface area contributed by atoms with E-state index >= 15 is 0 Å². The number of hydrogen-bond acceptors (Lipinski definition) is 7. The molecule has 0 saturated heterocycles. The Labute approximate surface area is 194 Å². The summed E-state index contributed by atoms with van der Waals surface area (Å²) in [5, 5.41) is 23.9. The molecule has 3 rings (SSSR count). The predicted molar refractivity (Wildman–Crippen MR) is 104 cm³/mol. The molecule has 1 amide bonds. The van der Waals surface area contributed by atoms with Gasteiger partial charge in [0.1, 0.15) is 0 Å². The Bertz CT molecular complexity index is 1080. The maximum absolute atomic E-state index is 12.6. The van der Waals surface area contributed by atoms with Gasteiger partial charge in [-0.1, -0.05) is 22.4 Å². The number of aromatic nitrogens is 4. The van der Waals surface area contributed by atoms with Crippen LogP contribution in [0.5, 0.6) is 0 Å². The van der Waals surface area contributed by atoms with E-state index in [9.17, 15) is 14.7 Å². The van der Waals surface area contributed by atoms with Crippen molar-refractivity contribution in [1.29, 1.82) is 0 Å². The molecule has 144 valence electrons. The van der Waals surface area contributed by atoms with Crippen molar-refractivity contribution in [3.05, 3.63) is 58.9 Å². The molecule has 2 aromatic carbocycles. The van der Waals surface area contributed by atoms with Crippen molar-refractivity contribution in [1.82, 2.24) is 20.2 Å². The molecule has 0 bridgehead atoms. The second-order valence-electron chi connectivity index (χ2n) is 6.08. The van der Waals surface area contributed by atoms with Gasteiger partial charge < -0.3 is 20.1 Å². The number of anilines is 2. The van der Waals surface area contributed by atoms with Crippen LogP contribution in [0.1, 0.15) is 17.3 Å². The summed E-state index contributed by atoms with van der Waals surface area (Å²) in [6.45, 7) is 1.52. The number of benzene rings is 2. The van der Waals surface area contributed by atoms with Crippen LogP contribution < -0.4 is 44.9 Å². The summed E-state index contributed by atoms with van der Waals surface area (Å²) in [7, 11) is 1.63. The van der Waals surface area contributed by atoms with Gasteiger partial charge >= 0.3 is 29.6 Å². The number of likely N-dealkylation sites (N-methyl/N-ethyl adjacent to an activating group) is 1. The number of nitrogens with zero attached hydrogens (tertiary/aromatic N) is 4. The number of rotatable bonds is 6. The van der Waals surface area contributed by atoms with Gasteiger partial charge in [-0.3, -0.25) is 4.79 Å². The number of amides is 1.